The van der Waals surface area contributed by atoms with Gasteiger partial charge in [-0.2, -0.15) is 4.98 Å². The van der Waals surface area contributed by atoms with Crippen LogP contribution in [0.5, 0.6) is 0 Å². The number of methoxy groups -OCH3 is 1. The minimum atomic E-state index is -0.291. The van der Waals surface area contributed by atoms with Gasteiger partial charge in [-0.05, 0) is 49.7 Å². The highest BCUT2D eigenvalue weighted by molar-refractivity contribution is 5.89. The van der Waals surface area contributed by atoms with E-state index < -0.39 is 0 Å². The molecule has 0 radical (unpaired) electrons. The number of ether oxygens (including phenoxy) is 1. The molecule has 0 atom stereocenters. The van der Waals surface area contributed by atoms with E-state index in [1.54, 1.807) is 0 Å². The number of hydrogen-bond acceptors (Lipinski definition) is 7. The van der Waals surface area contributed by atoms with Crippen LogP contribution in [-0.2, 0) is 17.7 Å². The van der Waals surface area contributed by atoms with Crippen molar-refractivity contribution in [1.29, 1.82) is 0 Å². The summed E-state index contributed by atoms with van der Waals surface area (Å²) in [6, 6.07) is 7.90. The molecule has 156 valence electrons. The second-order valence-electron chi connectivity index (χ2n) is 8.01. The quantitative estimate of drug-likeness (QED) is 0.720. The third kappa shape index (κ3) is 5.23. The van der Waals surface area contributed by atoms with E-state index in [1.165, 1.54) is 18.2 Å². The van der Waals surface area contributed by atoms with Crippen molar-refractivity contribution in [3.63, 3.8) is 0 Å². The number of benzene rings is 1. The first-order valence-corrected chi connectivity index (χ1v) is 10.1. The normalized spacial score (nSPS) is 13.6. The summed E-state index contributed by atoms with van der Waals surface area (Å²) in [5, 5.41) is 3.35. The molecule has 1 aliphatic rings. The standard InChI is InChI=1S/C22H31N5O2/c1-15(2)19-13-20(25-22(24-19)23-9-11-26(3)4)27-10-8-16-12-17(21(28)29-5)6-7-18(16)14-27/h6-7,12-13,15H,8-11,14H2,1-5H3,(H,23,24,25). The highest BCUT2D eigenvalue weighted by Gasteiger charge is 2.21. The van der Waals surface area contributed by atoms with E-state index in [-0.39, 0.29) is 5.97 Å². The number of esters is 1. The number of nitrogens with one attached hydrogen (secondary N) is 1. The van der Waals surface area contributed by atoms with E-state index in [0.29, 0.717) is 17.4 Å². The SMILES string of the molecule is COC(=O)c1ccc2c(c1)CCN(c1cc(C(C)C)nc(NCCN(C)C)n1)C2. The smallest absolute Gasteiger partial charge is 0.337 e. The minimum Gasteiger partial charge on any atom is -0.465 e. The molecule has 0 amide bonds. The number of carbonyl (C=O) groups is 1. The highest BCUT2D eigenvalue weighted by atomic mass is 16.5. The third-order valence-electron chi connectivity index (χ3n) is 5.13. The van der Waals surface area contributed by atoms with E-state index in [2.05, 4.69) is 49.1 Å². The second-order valence-corrected chi connectivity index (χ2v) is 8.01. The molecule has 1 aromatic carbocycles. The van der Waals surface area contributed by atoms with Gasteiger partial charge in [-0.3, -0.25) is 0 Å². The molecular formula is C22H31N5O2. The van der Waals surface area contributed by atoms with Crippen LogP contribution in [0.25, 0.3) is 0 Å². The molecule has 1 aliphatic heterocycles. The first-order valence-electron chi connectivity index (χ1n) is 10.1. The Labute approximate surface area is 173 Å². The van der Waals surface area contributed by atoms with Gasteiger partial charge < -0.3 is 19.9 Å². The molecule has 2 heterocycles. The Bertz CT molecular complexity index is 866. The summed E-state index contributed by atoms with van der Waals surface area (Å²) in [7, 11) is 5.51. The van der Waals surface area contributed by atoms with E-state index in [0.717, 1.165) is 44.1 Å². The van der Waals surface area contributed by atoms with Crippen LogP contribution in [0.3, 0.4) is 0 Å². The zero-order valence-electron chi connectivity index (χ0n) is 18.0. The van der Waals surface area contributed by atoms with Crippen LogP contribution in [-0.4, -0.2) is 61.7 Å². The fraction of sp³-hybridized carbons (Fsp3) is 0.500. The fourth-order valence-corrected chi connectivity index (χ4v) is 3.37. The van der Waals surface area contributed by atoms with Crippen molar-refractivity contribution in [3.05, 3.63) is 46.6 Å². The number of fused-ring (bicyclic) bond motifs is 1. The molecule has 0 spiro atoms. The molecule has 1 N–H and O–H groups in total. The van der Waals surface area contributed by atoms with Gasteiger partial charge >= 0.3 is 5.97 Å². The Balaban J connectivity index is 1.81. The van der Waals surface area contributed by atoms with Crippen LogP contribution in [0.15, 0.2) is 24.3 Å². The summed E-state index contributed by atoms with van der Waals surface area (Å²) in [5.74, 6) is 1.66. The van der Waals surface area contributed by atoms with E-state index >= 15 is 0 Å². The molecule has 29 heavy (non-hydrogen) atoms. The molecule has 0 aliphatic carbocycles. The molecule has 1 aromatic heterocycles. The van der Waals surface area contributed by atoms with E-state index in [9.17, 15) is 4.79 Å². The molecule has 0 saturated heterocycles. The number of rotatable bonds is 7. The van der Waals surface area contributed by atoms with Crippen LogP contribution in [0.1, 0.15) is 46.9 Å². The molecule has 2 aromatic rings. The maximum absolute atomic E-state index is 11.8. The van der Waals surface area contributed by atoms with Crippen LogP contribution in [0.4, 0.5) is 11.8 Å². The Morgan fingerprint density at radius 2 is 2.03 bits per heavy atom. The van der Waals surface area contributed by atoms with Crippen LogP contribution < -0.4 is 10.2 Å². The van der Waals surface area contributed by atoms with Gasteiger partial charge in [0.2, 0.25) is 5.95 Å². The lowest BCUT2D eigenvalue weighted by Gasteiger charge is -2.30. The van der Waals surface area contributed by atoms with Crippen molar-refractivity contribution in [2.24, 2.45) is 0 Å². The molecule has 3 rings (SSSR count). The van der Waals surface area contributed by atoms with Gasteiger partial charge in [-0.25, -0.2) is 9.78 Å². The van der Waals surface area contributed by atoms with Crippen molar-refractivity contribution in [1.82, 2.24) is 14.9 Å². The third-order valence-corrected chi connectivity index (χ3v) is 5.13. The van der Waals surface area contributed by atoms with Gasteiger partial charge in [0, 0.05) is 32.2 Å². The number of hydrogen-bond donors (Lipinski definition) is 1. The number of aromatic nitrogens is 2. The molecule has 0 saturated carbocycles. The van der Waals surface area contributed by atoms with Gasteiger partial charge in [-0.15, -0.1) is 0 Å². The molecule has 7 heteroatoms. The van der Waals surface area contributed by atoms with Crippen molar-refractivity contribution >= 4 is 17.7 Å². The summed E-state index contributed by atoms with van der Waals surface area (Å²) in [5.41, 5.74) is 4.06. The predicted octanol–water partition coefficient (Wildman–Crippen LogP) is 2.92. The zero-order valence-corrected chi connectivity index (χ0v) is 18.0. The molecule has 7 nitrogen and oxygen atoms in total. The maximum atomic E-state index is 11.8. The molecule has 0 bridgehead atoms. The van der Waals surface area contributed by atoms with Crippen LogP contribution in [0, 0.1) is 0 Å². The lowest BCUT2D eigenvalue weighted by molar-refractivity contribution is 0.0600. The maximum Gasteiger partial charge on any atom is 0.337 e. The van der Waals surface area contributed by atoms with Gasteiger partial charge in [0.15, 0.2) is 0 Å². The van der Waals surface area contributed by atoms with Gasteiger partial charge in [-0.1, -0.05) is 19.9 Å². The number of nitrogens with zero attached hydrogens (tertiary/aromatic N) is 4. The molecule has 0 fully saturated rings. The number of likely N-dealkylation sites (N-methyl/N-ethyl adjacent to an activating group) is 1. The topological polar surface area (TPSA) is 70.6 Å². The number of carbonyl (C=O) groups excluding carboxylic acids is 1. The number of anilines is 2. The summed E-state index contributed by atoms with van der Waals surface area (Å²) in [6.45, 7) is 7.63. The van der Waals surface area contributed by atoms with Crippen molar-refractivity contribution in [2.75, 3.05) is 51.1 Å². The first kappa shape index (κ1) is 21.0. The second kappa shape index (κ2) is 9.22. The minimum absolute atomic E-state index is 0.291. The van der Waals surface area contributed by atoms with E-state index in [4.69, 9.17) is 14.7 Å². The fourth-order valence-electron chi connectivity index (χ4n) is 3.37. The van der Waals surface area contributed by atoms with Crippen molar-refractivity contribution in [2.45, 2.75) is 32.7 Å². The summed E-state index contributed by atoms with van der Waals surface area (Å²) < 4.78 is 4.84. The van der Waals surface area contributed by atoms with Gasteiger partial charge in [0.1, 0.15) is 5.82 Å². The van der Waals surface area contributed by atoms with Crippen LogP contribution >= 0.6 is 0 Å². The van der Waals surface area contributed by atoms with Crippen molar-refractivity contribution < 1.29 is 9.53 Å². The predicted molar refractivity (Wildman–Crippen MR) is 116 cm³/mol. The van der Waals surface area contributed by atoms with Crippen LogP contribution in [0.2, 0.25) is 0 Å². The Kier molecular flexibility index (Phi) is 6.69. The summed E-state index contributed by atoms with van der Waals surface area (Å²) in [4.78, 5) is 25.7. The lowest BCUT2D eigenvalue weighted by Crippen LogP contribution is -2.32. The first-order chi connectivity index (χ1) is 13.9. The largest absolute Gasteiger partial charge is 0.465 e. The summed E-state index contributed by atoms with van der Waals surface area (Å²) in [6.07, 6.45) is 0.866. The summed E-state index contributed by atoms with van der Waals surface area (Å²) >= 11 is 0. The monoisotopic (exact) mass is 397 g/mol. The van der Waals surface area contributed by atoms with E-state index in [1.807, 2.05) is 18.2 Å². The average Bonchev–Trinajstić information content (AvgIpc) is 2.71. The Morgan fingerprint density at radius 1 is 1.24 bits per heavy atom. The van der Waals surface area contributed by atoms with Crippen molar-refractivity contribution in [3.8, 4) is 0 Å². The molecule has 0 unspecified atom stereocenters. The average molecular weight is 398 g/mol. The Morgan fingerprint density at radius 3 is 2.72 bits per heavy atom. The lowest BCUT2D eigenvalue weighted by atomic mass is 9.97. The molecular weight excluding hydrogens is 366 g/mol. The van der Waals surface area contributed by atoms with Gasteiger partial charge in [0.25, 0.3) is 0 Å². The highest BCUT2D eigenvalue weighted by Crippen LogP contribution is 2.27. The zero-order chi connectivity index (χ0) is 21.0. The van der Waals surface area contributed by atoms with Gasteiger partial charge in [0.05, 0.1) is 18.4 Å². The Hall–Kier alpha value is -2.67.